The fraction of sp³-hybridized carbons (Fsp3) is 0.789. The van der Waals surface area contributed by atoms with Crippen LogP contribution in [0, 0.1) is 5.92 Å². The van der Waals surface area contributed by atoms with Crippen molar-refractivity contribution in [3.05, 3.63) is 25.3 Å². The summed E-state index contributed by atoms with van der Waals surface area (Å²) in [5, 5.41) is 0. The molecule has 0 aliphatic heterocycles. The summed E-state index contributed by atoms with van der Waals surface area (Å²) in [6.45, 7) is 11.5. The van der Waals surface area contributed by atoms with E-state index in [9.17, 15) is 8.78 Å². The van der Waals surface area contributed by atoms with Gasteiger partial charge in [-0.05, 0) is 50.9 Å². The van der Waals surface area contributed by atoms with Gasteiger partial charge in [-0.2, -0.15) is 8.78 Å². The number of hydrogen-bond acceptors (Lipinski definition) is 1. The first-order chi connectivity index (χ1) is 10.5. The summed E-state index contributed by atoms with van der Waals surface area (Å²) in [6, 6.07) is 0. The maximum absolute atomic E-state index is 14.0. The Morgan fingerprint density at radius 1 is 1.00 bits per heavy atom. The summed E-state index contributed by atoms with van der Waals surface area (Å²) >= 11 is 0. The SMILES string of the molecule is C=CCCCC(CCC)OC(F)(F)CCCC(C=C)CCC. The predicted octanol–water partition coefficient (Wildman–Crippen LogP) is 6.89. The Labute approximate surface area is 135 Å². The molecule has 0 aromatic heterocycles. The number of hydrogen-bond donors (Lipinski definition) is 0. The van der Waals surface area contributed by atoms with Crippen LogP contribution in [0.2, 0.25) is 0 Å². The monoisotopic (exact) mass is 316 g/mol. The molecular formula is C19H34F2O. The van der Waals surface area contributed by atoms with Crippen molar-refractivity contribution < 1.29 is 13.5 Å². The third-order valence-electron chi connectivity index (χ3n) is 3.92. The molecule has 0 spiro atoms. The topological polar surface area (TPSA) is 9.23 Å². The fourth-order valence-corrected chi connectivity index (χ4v) is 2.70. The number of halogens is 2. The van der Waals surface area contributed by atoms with Gasteiger partial charge >= 0.3 is 6.11 Å². The minimum atomic E-state index is -3.01. The first-order valence-corrected chi connectivity index (χ1v) is 8.78. The molecule has 0 aromatic rings. The normalized spacial score (nSPS) is 14.5. The second-order valence-electron chi connectivity index (χ2n) is 6.06. The van der Waals surface area contributed by atoms with Gasteiger partial charge in [-0.3, -0.25) is 0 Å². The van der Waals surface area contributed by atoms with E-state index >= 15 is 0 Å². The quantitative estimate of drug-likeness (QED) is 0.236. The van der Waals surface area contributed by atoms with Crippen LogP contribution < -0.4 is 0 Å². The Morgan fingerprint density at radius 2 is 1.68 bits per heavy atom. The number of ether oxygens (including phenoxy) is 1. The van der Waals surface area contributed by atoms with Gasteiger partial charge in [0.25, 0.3) is 0 Å². The van der Waals surface area contributed by atoms with Crippen molar-refractivity contribution in [2.45, 2.75) is 90.3 Å². The lowest BCUT2D eigenvalue weighted by atomic mass is 9.97. The molecule has 2 unspecified atom stereocenters. The molecule has 0 saturated carbocycles. The molecule has 0 aliphatic carbocycles. The molecule has 0 fully saturated rings. The minimum absolute atomic E-state index is 0.192. The average Bonchev–Trinajstić information content (AvgIpc) is 2.46. The van der Waals surface area contributed by atoms with Crippen molar-refractivity contribution in [1.82, 2.24) is 0 Å². The standard InChI is InChI=1S/C19H34F2O/c1-5-9-10-15-18(13-7-3)22-19(20,21)16-11-14-17(8-4)12-6-2/h5,8,17-18H,1,4,6-7,9-16H2,2-3H3. The number of unbranched alkanes of at least 4 members (excludes halogenated alkanes) is 1. The molecule has 0 saturated heterocycles. The molecule has 22 heavy (non-hydrogen) atoms. The maximum atomic E-state index is 14.0. The number of alkyl halides is 2. The van der Waals surface area contributed by atoms with Gasteiger partial charge in [-0.1, -0.05) is 38.8 Å². The Kier molecular flexibility index (Phi) is 12.4. The summed E-state index contributed by atoms with van der Waals surface area (Å²) < 4.78 is 33.1. The van der Waals surface area contributed by atoms with Gasteiger partial charge < -0.3 is 4.74 Å². The fourth-order valence-electron chi connectivity index (χ4n) is 2.70. The summed E-state index contributed by atoms with van der Waals surface area (Å²) in [7, 11) is 0. The summed E-state index contributed by atoms with van der Waals surface area (Å²) in [5.74, 6) is 0.347. The van der Waals surface area contributed by atoms with Crippen LogP contribution in [0.4, 0.5) is 8.78 Å². The van der Waals surface area contributed by atoms with E-state index in [2.05, 4.69) is 20.1 Å². The molecule has 0 aromatic carbocycles. The second kappa shape index (κ2) is 12.8. The van der Waals surface area contributed by atoms with Crippen LogP contribution in [0.5, 0.6) is 0 Å². The van der Waals surface area contributed by atoms with Gasteiger partial charge in [0, 0.05) is 6.42 Å². The van der Waals surface area contributed by atoms with Gasteiger partial charge in [-0.25, -0.2) is 0 Å². The highest BCUT2D eigenvalue weighted by atomic mass is 19.3. The third kappa shape index (κ3) is 10.9. The van der Waals surface area contributed by atoms with E-state index in [1.54, 1.807) is 0 Å². The Balaban J connectivity index is 4.20. The third-order valence-corrected chi connectivity index (χ3v) is 3.92. The van der Waals surface area contributed by atoms with Gasteiger partial charge in [0.1, 0.15) is 0 Å². The zero-order valence-corrected chi connectivity index (χ0v) is 14.5. The average molecular weight is 316 g/mol. The molecule has 3 heteroatoms. The lowest BCUT2D eigenvalue weighted by Crippen LogP contribution is -2.28. The van der Waals surface area contributed by atoms with Crippen molar-refractivity contribution in [3.63, 3.8) is 0 Å². The Hall–Kier alpha value is -0.700. The second-order valence-corrected chi connectivity index (χ2v) is 6.06. The number of rotatable bonds is 15. The number of allylic oxidation sites excluding steroid dienone is 2. The molecule has 0 aliphatic rings. The molecule has 0 N–H and O–H groups in total. The zero-order chi connectivity index (χ0) is 16.8. The van der Waals surface area contributed by atoms with Gasteiger partial charge in [-0.15, -0.1) is 13.2 Å². The van der Waals surface area contributed by atoms with Crippen LogP contribution in [0.15, 0.2) is 25.3 Å². The molecule has 1 nitrogen and oxygen atoms in total. The highest BCUT2D eigenvalue weighted by Gasteiger charge is 2.32. The molecule has 0 radical (unpaired) electrons. The smallest absolute Gasteiger partial charge is 0.317 e. The molecular weight excluding hydrogens is 282 g/mol. The summed E-state index contributed by atoms with van der Waals surface area (Å²) in [5.41, 5.74) is 0. The van der Waals surface area contributed by atoms with E-state index in [-0.39, 0.29) is 12.5 Å². The van der Waals surface area contributed by atoms with Gasteiger partial charge in [0.05, 0.1) is 6.10 Å². The van der Waals surface area contributed by atoms with E-state index in [1.165, 1.54) is 0 Å². The Morgan fingerprint density at radius 3 is 2.23 bits per heavy atom. The summed E-state index contributed by atoms with van der Waals surface area (Å²) in [4.78, 5) is 0. The van der Waals surface area contributed by atoms with Crippen molar-refractivity contribution in [2.75, 3.05) is 0 Å². The van der Waals surface area contributed by atoms with E-state index in [4.69, 9.17) is 4.74 Å². The molecule has 130 valence electrons. The van der Waals surface area contributed by atoms with Crippen LogP contribution in [0.1, 0.15) is 78.1 Å². The van der Waals surface area contributed by atoms with E-state index in [0.717, 1.165) is 38.5 Å². The molecule has 0 rings (SSSR count). The minimum Gasteiger partial charge on any atom is -0.317 e. The first-order valence-electron chi connectivity index (χ1n) is 8.78. The van der Waals surface area contributed by atoms with Crippen LogP contribution in [0.3, 0.4) is 0 Å². The van der Waals surface area contributed by atoms with Crippen molar-refractivity contribution in [3.8, 4) is 0 Å². The molecule has 0 heterocycles. The molecule has 0 bridgehead atoms. The van der Waals surface area contributed by atoms with E-state index < -0.39 is 6.11 Å². The highest BCUT2D eigenvalue weighted by molar-refractivity contribution is 4.78. The largest absolute Gasteiger partial charge is 0.355 e. The van der Waals surface area contributed by atoms with E-state index in [1.807, 2.05) is 19.1 Å². The van der Waals surface area contributed by atoms with Crippen LogP contribution >= 0.6 is 0 Å². The highest BCUT2D eigenvalue weighted by Crippen LogP contribution is 2.29. The van der Waals surface area contributed by atoms with Crippen molar-refractivity contribution in [2.24, 2.45) is 5.92 Å². The lowest BCUT2D eigenvalue weighted by Gasteiger charge is -2.24. The molecule has 2 atom stereocenters. The van der Waals surface area contributed by atoms with Gasteiger partial charge in [0.15, 0.2) is 0 Å². The lowest BCUT2D eigenvalue weighted by molar-refractivity contribution is -0.268. The zero-order valence-electron chi connectivity index (χ0n) is 14.5. The Bertz CT molecular complexity index is 289. The van der Waals surface area contributed by atoms with Crippen molar-refractivity contribution >= 4 is 0 Å². The molecule has 0 amide bonds. The van der Waals surface area contributed by atoms with Crippen LogP contribution in [0.25, 0.3) is 0 Å². The predicted molar refractivity (Wildman–Crippen MR) is 91.2 cm³/mol. The van der Waals surface area contributed by atoms with E-state index in [0.29, 0.717) is 25.2 Å². The first kappa shape index (κ1) is 21.3. The van der Waals surface area contributed by atoms with Crippen LogP contribution in [-0.4, -0.2) is 12.2 Å². The maximum Gasteiger partial charge on any atom is 0.355 e. The van der Waals surface area contributed by atoms with Crippen LogP contribution in [-0.2, 0) is 4.74 Å². The summed E-state index contributed by atoms with van der Waals surface area (Å²) in [6.07, 6.45) is 7.46. The van der Waals surface area contributed by atoms with Crippen molar-refractivity contribution in [1.29, 1.82) is 0 Å². The van der Waals surface area contributed by atoms with Gasteiger partial charge in [0.2, 0.25) is 0 Å².